The summed E-state index contributed by atoms with van der Waals surface area (Å²) in [5.41, 5.74) is 1.06. The lowest BCUT2D eigenvalue weighted by Gasteiger charge is -2.26. The van der Waals surface area contributed by atoms with Crippen LogP contribution in [0.4, 0.5) is 0 Å². The van der Waals surface area contributed by atoms with Crippen LogP contribution in [0, 0.1) is 0 Å². The second-order valence-electron chi connectivity index (χ2n) is 4.74. The van der Waals surface area contributed by atoms with Crippen LogP contribution in [0.25, 0.3) is 0 Å². The molecule has 5 heteroatoms. The van der Waals surface area contributed by atoms with E-state index < -0.39 is 5.97 Å². The minimum Gasteiger partial charge on any atom is -0.494 e. The van der Waals surface area contributed by atoms with Crippen LogP contribution in [0.1, 0.15) is 18.9 Å². The molecule has 1 atom stereocenters. The standard InChI is InChI=1S/C15H23NO4/c1-3-20-14-6-4-12(5-7-14)10-13(11-15(18)19)16(2)8-9-17/h4-7,13,17H,3,8-11H2,1-2H3,(H,18,19). The number of aliphatic carboxylic acids is 1. The molecule has 1 aromatic carbocycles. The lowest BCUT2D eigenvalue weighted by atomic mass is 10.0. The Kier molecular flexibility index (Phi) is 7.04. The van der Waals surface area contributed by atoms with Gasteiger partial charge in [-0.05, 0) is 38.1 Å². The number of carboxylic acids is 1. The predicted octanol–water partition coefficient (Wildman–Crippen LogP) is 1.40. The molecule has 112 valence electrons. The van der Waals surface area contributed by atoms with E-state index in [1.165, 1.54) is 0 Å². The quantitative estimate of drug-likeness (QED) is 0.716. The Labute approximate surface area is 119 Å². The van der Waals surface area contributed by atoms with E-state index in [2.05, 4.69) is 0 Å². The van der Waals surface area contributed by atoms with E-state index in [0.717, 1.165) is 11.3 Å². The number of benzene rings is 1. The van der Waals surface area contributed by atoms with Crippen molar-refractivity contribution in [1.29, 1.82) is 0 Å². The lowest BCUT2D eigenvalue weighted by molar-refractivity contribution is -0.138. The van der Waals surface area contributed by atoms with E-state index in [-0.39, 0.29) is 19.1 Å². The summed E-state index contributed by atoms with van der Waals surface area (Å²) in [5.74, 6) is -0.0135. The van der Waals surface area contributed by atoms with E-state index in [1.807, 2.05) is 43.1 Å². The fourth-order valence-corrected chi connectivity index (χ4v) is 2.09. The lowest BCUT2D eigenvalue weighted by Crippen LogP contribution is -2.37. The third-order valence-electron chi connectivity index (χ3n) is 3.19. The van der Waals surface area contributed by atoms with Crippen LogP contribution >= 0.6 is 0 Å². The van der Waals surface area contributed by atoms with Gasteiger partial charge in [0.25, 0.3) is 0 Å². The molecule has 0 heterocycles. The number of ether oxygens (including phenoxy) is 1. The Hall–Kier alpha value is -1.59. The molecule has 0 spiro atoms. The van der Waals surface area contributed by atoms with Crippen molar-refractivity contribution < 1.29 is 19.7 Å². The zero-order valence-corrected chi connectivity index (χ0v) is 12.1. The molecular formula is C15H23NO4. The van der Waals surface area contributed by atoms with Crippen molar-refractivity contribution in [2.45, 2.75) is 25.8 Å². The Morgan fingerprint density at radius 3 is 2.50 bits per heavy atom. The fourth-order valence-electron chi connectivity index (χ4n) is 2.09. The molecule has 0 saturated carbocycles. The number of nitrogens with zero attached hydrogens (tertiary/aromatic N) is 1. The molecule has 0 amide bonds. The number of aliphatic hydroxyl groups excluding tert-OH is 1. The van der Waals surface area contributed by atoms with Gasteiger partial charge in [0.2, 0.25) is 0 Å². The molecule has 5 nitrogen and oxygen atoms in total. The summed E-state index contributed by atoms with van der Waals surface area (Å²) in [6, 6.07) is 7.56. The highest BCUT2D eigenvalue weighted by Crippen LogP contribution is 2.16. The predicted molar refractivity (Wildman–Crippen MR) is 77.1 cm³/mol. The molecule has 0 aliphatic carbocycles. The Balaban J connectivity index is 2.70. The fraction of sp³-hybridized carbons (Fsp3) is 0.533. The SMILES string of the molecule is CCOc1ccc(CC(CC(=O)O)N(C)CCO)cc1. The second-order valence-corrected chi connectivity index (χ2v) is 4.74. The summed E-state index contributed by atoms with van der Waals surface area (Å²) in [7, 11) is 1.83. The molecular weight excluding hydrogens is 258 g/mol. The number of aliphatic hydroxyl groups is 1. The number of carboxylic acid groups (broad SMARTS) is 1. The molecule has 0 aromatic heterocycles. The average Bonchev–Trinajstić information content (AvgIpc) is 2.40. The van der Waals surface area contributed by atoms with Crippen molar-refractivity contribution in [3.05, 3.63) is 29.8 Å². The number of hydrogen-bond acceptors (Lipinski definition) is 4. The number of hydrogen-bond donors (Lipinski definition) is 2. The van der Waals surface area contributed by atoms with Gasteiger partial charge in [-0.3, -0.25) is 4.79 Å². The highest BCUT2D eigenvalue weighted by Gasteiger charge is 2.18. The molecule has 1 rings (SSSR count). The maximum atomic E-state index is 10.9. The van der Waals surface area contributed by atoms with Gasteiger partial charge in [0.15, 0.2) is 0 Å². The van der Waals surface area contributed by atoms with Gasteiger partial charge in [-0.25, -0.2) is 0 Å². The Bertz CT molecular complexity index is 405. The van der Waals surface area contributed by atoms with Gasteiger partial charge in [-0.15, -0.1) is 0 Å². The largest absolute Gasteiger partial charge is 0.494 e. The molecule has 0 fully saturated rings. The highest BCUT2D eigenvalue weighted by atomic mass is 16.5. The van der Waals surface area contributed by atoms with Gasteiger partial charge in [-0.1, -0.05) is 12.1 Å². The molecule has 2 N–H and O–H groups in total. The maximum absolute atomic E-state index is 10.9. The van der Waals surface area contributed by atoms with Gasteiger partial charge < -0.3 is 19.8 Å². The molecule has 0 aliphatic heterocycles. The summed E-state index contributed by atoms with van der Waals surface area (Å²) >= 11 is 0. The number of carbonyl (C=O) groups is 1. The molecule has 0 radical (unpaired) electrons. The van der Waals surface area contributed by atoms with Crippen molar-refractivity contribution in [3.63, 3.8) is 0 Å². The van der Waals surface area contributed by atoms with E-state index in [0.29, 0.717) is 19.6 Å². The molecule has 0 aliphatic rings. The summed E-state index contributed by atoms with van der Waals surface area (Å²) in [5, 5.41) is 18.0. The van der Waals surface area contributed by atoms with E-state index in [9.17, 15) is 4.79 Å². The second kappa shape index (κ2) is 8.55. The summed E-state index contributed by atoms with van der Waals surface area (Å²) in [4.78, 5) is 12.8. The third-order valence-corrected chi connectivity index (χ3v) is 3.19. The van der Waals surface area contributed by atoms with E-state index in [1.54, 1.807) is 0 Å². The van der Waals surface area contributed by atoms with Gasteiger partial charge in [-0.2, -0.15) is 0 Å². The van der Waals surface area contributed by atoms with Crippen LogP contribution in [0.15, 0.2) is 24.3 Å². The summed E-state index contributed by atoms with van der Waals surface area (Å²) in [6.45, 7) is 3.05. The molecule has 20 heavy (non-hydrogen) atoms. The zero-order chi connectivity index (χ0) is 15.0. The normalized spacial score (nSPS) is 12.4. The minimum atomic E-state index is -0.828. The maximum Gasteiger partial charge on any atom is 0.304 e. The van der Waals surface area contributed by atoms with Crippen molar-refractivity contribution in [1.82, 2.24) is 4.90 Å². The molecule has 0 saturated heterocycles. The van der Waals surface area contributed by atoms with Crippen molar-refractivity contribution in [3.8, 4) is 5.75 Å². The molecule has 1 aromatic rings. The van der Waals surface area contributed by atoms with Gasteiger partial charge in [0.05, 0.1) is 19.6 Å². The number of rotatable bonds is 9. The van der Waals surface area contributed by atoms with Gasteiger partial charge in [0, 0.05) is 12.6 Å². The van der Waals surface area contributed by atoms with E-state index in [4.69, 9.17) is 14.9 Å². The summed E-state index contributed by atoms with van der Waals surface area (Å²) < 4.78 is 5.38. The van der Waals surface area contributed by atoms with Crippen molar-refractivity contribution in [2.24, 2.45) is 0 Å². The minimum absolute atomic E-state index is 0.0237. The smallest absolute Gasteiger partial charge is 0.304 e. The Morgan fingerprint density at radius 1 is 1.35 bits per heavy atom. The van der Waals surface area contributed by atoms with Gasteiger partial charge in [0.1, 0.15) is 5.75 Å². The molecule has 1 unspecified atom stereocenters. The summed E-state index contributed by atoms with van der Waals surface area (Å²) in [6.07, 6.45) is 0.693. The van der Waals surface area contributed by atoms with Crippen LogP contribution in [-0.4, -0.2) is 53.9 Å². The first-order valence-corrected chi connectivity index (χ1v) is 6.81. The van der Waals surface area contributed by atoms with E-state index >= 15 is 0 Å². The third kappa shape index (κ3) is 5.59. The zero-order valence-electron chi connectivity index (χ0n) is 12.1. The topological polar surface area (TPSA) is 70.0 Å². The van der Waals surface area contributed by atoms with Gasteiger partial charge >= 0.3 is 5.97 Å². The van der Waals surface area contributed by atoms with Crippen LogP contribution in [0.2, 0.25) is 0 Å². The first-order chi connectivity index (χ1) is 9.56. The van der Waals surface area contributed by atoms with Crippen LogP contribution in [0.5, 0.6) is 5.75 Å². The Morgan fingerprint density at radius 2 is 2.00 bits per heavy atom. The molecule has 0 bridgehead atoms. The van der Waals surface area contributed by atoms with Crippen molar-refractivity contribution in [2.75, 3.05) is 26.8 Å². The van der Waals surface area contributed by atoms with Crippen LogP contribution in [0.3, 0.4) is 0 Å². The van der Waals surface area contributed by atoms with Crippen LogP contribution in [-0.2, 0) is 11.2 Å². The monoisotopic (exact) mass is 281 g/mol. The first-order valence-electron chi connectivity index (χ1n) is 6.81. The average molecular weight is 281 g/mol. The van der Waals surface area contributed by atoms with Crippen molar-refractivity contribution >= 4 is 5.97 Å². The number of likely N-dealkylation sites (N-methyl/N-ethyl adjacent to an activating group) is 1. The van der Waals surface area contributed by atoms with Crippen LogP contribution < -0.4 is 4.74 Å². The highest BCUT2D eigenvalue weighted by molar-refractivity contribution is 5.67. The first kappa shape index (κ1) is 16.5.